The van der Waals surface area contributed by atoms with E-state index in [2.05, 4.69) is 11.9 Å². The number of aromatic nitrogens is 2. The molecule has 1 saturated carbocycles. The van der Waals surface area contributed by atoms with Crippen LogP contribution in [0.4, 0.5) is 5.95 Å². The number of nitrogen functional groups attached to an aromatic ring is 1. The van der Waals surface area contributed by atoms with Crippen LogP contribution in [0.25, 0.3) is 11.0 Å². The molecule has 0 atom stereocenters. The first kappa shape index (κ1) is 14.4. The van der Waals surface area contributed by atoms with E-state index in [-0.39, 0.29) is 10.3 Å². The van der Waals surface area contributed by atoms with Crippen LogP contribution in [0.15, 0.2) is 23.1 Å². The van der Waals surface area contributed by atoms with Crippen molar-refractivity contribution >= 4 is 26.8 Å². The SMILES string of the molecule is CC1(Cn2c(N)nc3c(S(C)(=O)=O)cccc32)CCCC1. The Hall–Kier alpha value is -1.56. The smallest absolute Gasteiger partial charge is 0.201 e. The molecule has 3 rings (SSSR count). The number of benzene rings is 1. The third-order valence-electron chi connectivity index (χ3n) is 4.52. The molecule has 2 aromatic rings. The first-order valence-corrected chi connectivity index (χ1v) is 9.14. The van der Waals surface area contributed by atoms with Gasteiger partial charge in [-0.2, -0.15) is 0 Å². The standard InChI is InChI=1S/C15H21N3O2S/c1-15(8-3-4-9-15)10-18-11-6-5-7-12(21(2,19)20)13(11)17-14(18)16/h5-7H,3-4,8-10H2,1-2H3,(H2,16,17). The van der Waals surface area contributed by atoms with Gasteiger partial charge in [-0.3, -0.25) is 0 Å². The van der Waals surface area contributed by atoms with Crippen LogP contribution in [-0.2, 0) is 16.4 Å². The van der Waals surface area contributed by atoms with E-state index in [0.29, 0.717) is 11.5 Å². The van der Waals surface area contributed by atoms with Crippen molar-refractivity contribution in [2.24, 2.45) is 5.41 Å². The van der Waals surface area contributed by atoms with Crippen LogP contribution in [-0.4, -0.2) is 24.2 Å². The summed E-state index contributed by atoms with van der Waals surface area (Å²) in [6.45, 7) is 3.06. The second kappa shape index (κ2) is 4.73. The molecule has 0 aliphatic heterocycles. The van der Waals surface area contributed by atoms with Crippen LogP contribution in [0.5, 0.6) is 0 Å². The van der Waals surface area contributed by atoms with Gasteiger partial charge in [-0.15, -0.1) is 0 Å². The number of rotatable bonds is 3. The van der Waals surface area contributed by atoms with E-state index in [1.54, 1.807) is 12.1 Å². The number of imidazole rings is 1. The number of nitrogens with two attached hydrogens (primary N) is 1. The highest BCUT2D eigenvalue weighted by Crippen LogP contribution is 2.40. The summed E-state index contributed by atoms with van der Waals surface area (Å²) < 4.78 is 25.7. The largest absolute Gasteiger partial charge is 0.369 e. The normalized spacial score (nSPS) is 18.4. The highest BCUT2D eigenvalue weighted by atomic mass is 32.2. The Labute approximate surface area is 125 Å². The number of para-hydroxylation sites is 1. The van der Waals surface area contributed by atoms with Gasteiger partial charge in [0.1, 0.15) is 5.52 Å². The van der Waals surface area contributed by atoms with Crippen molar-refractivity contribution in [2.45, 2.75) is 44.0 Å². The Balaban J connectivity index is 2.14. The molecule has 1 aromatic heterocycles. The Morgan fingerprint density at radius 2 is 2.00 bits per heavy atom. The summed E-state index contributed by atoms with van der Waals surface area (Å²) in [6, 6.07) is 5.24. The summed E-state index contributed by atoms with van der Waals surface area (Å²) in [6.07, 6.45) is 6.06. The van der Waals surface area contributed by atoms with Gasteiger partial charge in [-0.1, -0.05) is 25.8 Å². The average molecular weight is 307 g/mol. The maximum absolute atomic E-state index is 11.9. The molecule has 6 heteroatoms. The molecule has 114 valence electrons. The van der Waals surface area contributed by atoms with Gasteiger partial charge in [0.25, 0.3) is 0 Å². The average Bonchev–Trinajstić information content (AvgIpc) is 2.94. The van der Waals surface area contributed by atoms with Gasteiger partial charge >= 0.3 is 0 Å². The van der Waals surface area contributed by atoms with Crippen molar-refractivity contribution < 1.29 is 8.42 Å². The Bertz CT molecular complexity index is 787. The molecule has 5 nitrogen and oxygen atoms in total. The lowest BCUT2D eigenvalue weighted by molar-refractivity contribution is 0.287. The molecular weight excluding hydrogens is 286 g/mol. The van der Waals surface area contributed by atoms with Gasteiger partial charge in [-0.25, -0.2) is 13.4 Å². The summed E-state index contributed by atoms with van der Waals surface area (Å²) in [4.78, 5) is 4.57. The second-order valence-corrected chi connectivity index (χ2v) is 8.45. The molecule has 0 bridgehead atoms. The number of anilines is 1. The predicted octanol–water partition coefficient (Wildman–Crippen LogP) is 2.60. The molecule has 0 amide bonds. The first-order chi connectivity index (χ1) is 9.80. The number of nitrogens with zero attached hydrogens (tertiary/aromatic N) is 2. The minimum absolute atomic E-state index is 0.225. The van der Waals surface area contributed by atoms with Crippen LogP contribution in [0.2, 0.25) is 0 Å². The van der Waals surface area contributed by atoms with E-state index in [1.165, 1.54) is 31.9 Å². The highest BCUT2D eigenvalue weighted by molar-refractivity contribution is 7.91. The van der Waals surface area contributed by atoms with E-state index in [1.807, 2.05) is 10.6 Å². The van der Waals surface area contributed by atoms with Crippen molar-refractivity contribution in [2.75, 3.05) is 12.0 Å². The lowest BCUT2D eigenvalue weighted by atomic mass is 9.89. The molecule has 1 aromatic carbocycles. The fraction of sp³-hybridized carbons (Fsp3) is 0.533. The predicted molar refractivity (Wildman–Crippen MR) is 83.8 cm³/mol. The summed E-state index contributed by atoms with van der Waals surface area (Å²) in [7, 11) is -3.31. The summed E-state index contributed by atoms with van der Waals surface area (Å²) in [5, 5.41) is 0. The van der Waals surface area contributed by atoms with Gasteiger partial charge in [0, 0.05) is 12.8 Å². The molecule has 1 fully saturated rings. The molecule has 0 saturated heterocycles. The second-order valence-electron chi connectivity index (χ2n) is 6.47. The lowest BCUT2D eigenvalue weighted by Gasteiger charge is -2.24. The number of fused-ring (bicyclic) bond motifs is 1. The van der Waals surface area contributed by atoms with Gasteiger partial charge < -0.3 is 10.3 Å². The highest BCUT2D eigenvalue weighted by Gasteiger charge is 2.30. The lowest BCUT2D eigenvalue weighted by Crippen LogP contribution is -2.20. The van der Waals surface area contributed by atoms with Crippen molar-refractivity contribution in [3.8, 4) is 0 Å². The van der Waals surface area contributed by atoms with E-state index < -0.39 is 9.84 Å². The van der Waals surface area contributed by atoms with Crippen LogP contribution in [0.3, 0.4) is 0 Å². The third-order valence-corrected chi connectivity index (χ3v) is 5.65. The van der Waals surface area contributed by atoms with E-state index >= 15 is 0 Å². The third kappa shape index (κ3) is 2.52. The van der Waals surface area contributed by atoms with E-state index in [4.69, 9.17) is 5.73 Å². The number of hydrogen-bond donors (Lipinski definition) is 1. The van der Waals surface area contributed by atoms with Gasteiger partial charge in [-0.05, 0) is 30.4 Å². The van der Waals surface area contributed by atoms with Crippen molar-refractivity contribution in [1.29, 1.82) is 0 Å². The Morgan fingerprint density at radius 3 is 2.62 bits per heavy atom. The topological polar surface area (TPSA) is 78.0 Å². The summed E-state index contributed by atoms with van der Waals surface area (Å²) in [5.74, 6) is 0.397. The molecular formula is C15H21N3O2S. The maximum atomic E-state index is 11.9. The van der Waals surface area contributed by atoms with Crippen molar-refractivity contribution in [1.82, 2.24) is 9.55 Å². The molecule has 1 aliphatic rings. The molecule has 2 N–H and O–H groups in total. The Kier molecular flexibility index (Phi) is 3.24. The minimum Gasteiger partial charge on any atom is -0.369 e. The van der Waals surface area contributed by atoms with E-state index in [0.717, 1.165) is 12.1 Å². The zero-order chi connectivity index (χ0) is 15.3. The maximum Gasteiger partial charge on any atom is 0.201 e. The van der Waals surface area contributed by atoms with Gasteiger partial charge in [0.05, 0.1) is 10.4 Å². The van der Waals surface area contributed by atoms with Crippen LogP contribution in [0.1, 0.15) is 32.6 Å². The Morgan fingerprint density at radius 1 is 1.33 bits per heavy atom. The summed E-state index contributed by atoms with van der Waals surface area (Å²) >= 11 is 0. The minimum atomic E-state index is -3.31. The first-order valence-electron chi connectivity index (χ1n) is 7.25. The van der Waals surface area contributed by atoms with Gasteiger partial charge in [0.2, 0.25) is 5.95 Å². The fourth-order valence-corrected chi connectivity index (χ4v) is 4.20. The molecule has 0 unspecified atom stereocenters. The van der Waals surface area contributed by atoms with Crippen molar-refractivity contribution in [3.63, 3.8) is 0 Å². The molecule has 0 spiro atoms. The zero-order valence-electron chi connectivity index (χ0n) is 12.5. The molecule has 1 aliphatic carbocycles. The van der Waals surface area contributed by atoms with Crippen LogP contribution in [0, 0.1) is 5.41 Å². The quantitative estimate of drug-likeness (QED) is 0.945. The molecule has 1 heterocycles. The molecule has 0 radical (unpaired) electrons. The fourth-order valence-electron chi connectivity index (χ4n) is 3.37. The number of hydrogen-bond acceptors (Lipinski definition) is 4. The molecule has 21 heavy (non-hydrogen) atoms. The summed E-state index contributed by atoms with van der Waals surface area (Å²) in [5.41, 5.74) is 7.58. The van der Waals surface area contributed by atoms with Gasteiger partial charge in [0.15, 0.2) is 9.84 Å². The van der Waals surface area contributed by atoms with E-state index in [9.17, 15) is 8.42 Å². The van der Waals surface area contributed by atoms with Crippen molar-refractivity contribution in [3.05, 3.63) is 18.2 Å². The van der Waals surface area contributed by atoms with Crippen LogP contribution >= 0.6 is 0 Å². The monoisotopic (exact) mass is 307 g/mol. The van der Waals surface area contributed by atoms with Crippen LogP contribution < -0.4 is 5.73 Å². The number of sulfone groups is 1. The zero-order valence-corrected chi connectivity index (χ0v) is 13.3.